The van der Waals surface area contributed by atoms with Crippen LogP contribution < -0.4 is 5.32 Å². The van der Waals surface area contributed by atoms with E-state index in [9.17, 15) is 8.78 Å². The first kappa shape index (κ1) is 12.5. The van der Waals surface area contributed by atoms with Crippen molar-refractivity contribution in [2.45, 2.75) is 25.9 Å². The van der Waals surface area contributed by atoms with E-state index in [0.29, 0.717) is 18.2 Å². The molecule has 17 heavy (non-hydrogen) atoms. The van der Waals surface area contributed by atoms with Crippen molar-refractivity contribution in [3.8, 4) is 0 Å². The summed E-state index contributed by atoms with van der Waals surface area (Å²) >= 11 is 0. The number of rotatable bonds is 2. The molecule has 0 spiro atoms. The minimum atomic E-state index is -0.761. The molecule has 2 nitrogen and oxygen atoms in total. The van der Waals surface area contributed by atoms with Gasteiger partial charge in [-0.05, 0) is 32.5 Å². The average Bonchev–Trinajstić information content (AvgIpc) is 2.49. The molecule has 0 aliphatic carbocycles. The van der Waals surface area contributed by atoms with Crippen LogP contribution in [0.25, 0.3) is 0 Å². The van der Waals surface area contributed by atoms with Crippen molar-refractivity contribution in [2.24, 2.45) is 0 Å². The van der Waals surface area contributed by atoms with E-state index in [1.54, 1.807) is 12.1 Å². The lowest BCUT2D eigenvalue weighted by Crippen LogP contribution is -2.35. The maximum Gasteiger partial charge on any atom is 0.163 e. The fraction of sp³-hybridized carbons (Fsp3) is 0.538. The molecule has 1 aromatic rings. The van der Waals surface area contributed by atoms with Crippen molar-refractivity contribution in [3.05, 3.63) is 35.4 Å². The Morgan fingerprint density at radius 3 is 3.06 bits per heavy atom. The Labute approximate surface area is 101 Å². The van der Waals surface area contributed by atoms with Crippen molar-refractivity contribution in [1.82, 2.24) is 10.2 Å². The van der Waals surface area contributed by atoms with E-state index in [1.807, 2.05) is 0 Å². The third-order valence-electron chi connectivity index (χ3n) is 3.10. The second-order valence-electron chi connectivity index (χ2n) is 4.66. The van der Waals surface area contributed by atoms with Crippen molar-refractivity contribution < 1.29 is 8.78 Å². The van der Waals surface area contributed by atoms with Gasteiger partial charge < -0.3 is 5.32 Å². The number of nitrogens with one attached hydrogen (secondary N) is 1. The largest absolute Gasteiger partial charge is 0.313 e. The molecule has 0 saturated carbocycles. The topological polar surface area (TPSA) is 15.3 Å². The first-order chi connectivity index (χ1) is 8.16. The molecule has 1 aliphatic heterocycles. The fourth-order valence-electron chi connectivity index (χ4n) is 2.25. The Hall–Kier alpha value is -1.00. The zero-order valence-electron chi connectivity index (χ0n) is 10.0. The van der Waals surface area contributed by atoms with Crippen molar-refractivity contribution in [3.63, 3.8) is 0 Å². The molecule has 0 amide bonds. The highest BCUT2D eigenvalue weighted by Crippen LogP contribution is 2.14. The van der Waals surface area contributed by atoms with Crippen molar-refractivity contribution in [1.29, 1.82) is 0 Å². The Bertz CT molecular complexity index is 382. The van der Waals surface area contributed by atoms with Gasteiger partial charge in [0.2, 0.25) is 0 Å². The molecule has 0 aromatic heterocycles. The summed E-state index contributed by atoms with van der Waals surface area (Å²) in [5.74, 6) is -1.47. The Morgan fingerprint density at radius 1 is 1.41 bits per heavy atom. The summed E-state index contributed by atoms with van der Waals surface area (Å²) in [4.78, 5) is 2.17. The molecule has 4 heteroatoms. The minimum Gasteiger partial charge on any atom is -0.313 e. The van der Waals surface area contributed by atoms with Gasteiger partial charge in [0.05, 0.1) is 0 Å². The monoisotopic (exact) mass is 240 g/mol. The summed E-state index contributed by atoms with van der Waals surface area (Å²) in [6, 6.07) is 4.77. The predicted octanol–water partition coefficient (Wildman–Crippen LogP) is 2.15. The van der Waals surface area contributed by atoms with E-state index >= 15 is 0 Å². The average molecular weight is 240 g/mol. The van der Waals surface area contributed by atoms with Crippen LogP contribution in [0.4, 0.5) is 8.78 Å². The standard InChI is InChI=1S/C13H18F2N2/c1-10-8-17(7-3-6-16-10)9-11-4-2-5-12(14)13(11)15/h2,4-5,10,16H,3,6-9H2,1H3. The Kier molecular flexibility index (Phi) is 4.07. The number of nitrogens with zero attached hydrogens (tertiary/aromatic N) is 1. The van der Waals surface area contributed by atoms with Gasteiger partial charge in [0.15, 0.2) is 11.6 Å². The van der Waals surface area contributed by atoms with Crippen LogP contribution in [0, 0.1) is 11.6 Å². The number of benzene rings is 1. The van der Waals surface area contributed by atoms with E-state index in [-0.39, 0.29) is 0 Å². The lowest BCUT2D eigenvalue weighted by atomic mass is 10.2. The SMILES string of the molecule is CC1CN(Cc2cccc(F)c2F)CCCN1. The van der Waals surface area contributed by atoms with Crippen LogP contribution in [0.3, 0.4) is 0 Å². The maximum absolute atomic E-state index is 13.5. The third kappa shape index (κ3) is 3.23. The van der Waals surface area contributed by atoms with Crippen LogP contribution in [0.2, 0.25) is 0 Å². The van der Waals surface area contributed by atoms with Crippen LogP contribution in [-0.2, 0) is 6.54 Å². The molecule has 1 aliphatic rings. The highest BCUT2D eigenvalue weighted by atomic mass is 19.2. The first-order valence-electron chi connectivity index (χ1n) is 6.05. The van der Waals surface area contributed by atoms with Crippen LogP contribution in [0.1, 0.15) is 18.9 Å². The van der Waals surface area contributed by atoms with Gasteiger partial charge in [0, 0.05) is 24.7 Å². The molecule has 1 N–H and O–H groups in total. The number of hydrogen-bond acceptors (Lipinski definition) is 2. The quantitative estimate of drug-likeness (QED) is 0.852. The minimum absolute atomic E-state index is 0.397. The summed E-state index contributed by atoms with van der Waals surface area (Å²) in [5, 5.41) is 3.38. The van der Waals surface area contributed by atoms with Crippen LogP contribution in [0.5, 0.6) is 0 Å². The Balaban J connectivity index is 2.06. The molecule has 94 valence electrons. The smallest absolute Gasteiger partial charge is 0.163 e. The number of halogens is 2. The van der Waals surface area contributed by atoms with Gasteiger partial charge in [0.1, 0.15) is 0 Å². The highest BCUT2D eigenvalue weighted by molar-refractivity contribution is 5.18. The van der Waals surface area contributed by atoms with E-state index in [1.165, 1.54) is 0 Å². The lowest BCUT2D eigenvalue weighted by Gasteiger charge is -2.22. The van der Waals surface area contributed by atoms with E-state index in [2.05, 4.69) is 17.1 Å². The molecule has 1 heterocycles. The Morgan fingerprint density at radius 2 is 2.24 bits per heavy atom. The van der Waals surface area contributed by atoms with Crippen molar-refractivity contribution in [2.75, 3.05) is 19.6 Å². The molecule has 0 radical (unpaired) electrons. The van der Waals surface area contributed by atoms with Gasteiger partial charge in [0.25, 0.3) is 0 Å². The van der Waals surface area contributed by atoms with Crippen molar-refractivity contribution >= 4 is 0 Å². The van der Waals surface area contributed by atoms with E-state index in [4.69, 9.17) is 0 Å². The van der Waals surface area contributed by atoms with Crippen LogP contribution in [0.15, 0.2) is 18.2 Å². The van der Waals surface area contributed by atoms with E-state index < -0.39 is 11.6 Å². The van der Waals surface area contributed by atoms with Crippen LogP contribution in [-0.4, -0.2) is 30.6 Å². The summed E-state index contributed by atoms with van der Waals surface area (Å²) in [7, 11) is 0. The zero-order chi connectivity index (χ0) is 12.3. The van der Waals surface area contributed by atoms with Crippen LogP contribution >= 0.6 is 0 Å². The molecule has 1 atom stereocenters. The maximum atomic E-state index is 13.5. The second kappa shape index (κ2) is 5.56. The van der Waals surface area contributed by atoms with E-state index in [0.717, 1.165) is 32.1 Å². The summed E-state index contributed by atoms with van der Waals surface area (Å²) in [5.41, 5.74) is 0.444. The van der Waals surface area contributed by atoms with Gasteiger partial charge in [-0.3, -0.25) is 4.90 Å². The highest BCUT2D eigenvalue weighted by Gasteiger charge is 2.16. The molecule has 1 saturated heterocycles. The molecular formula is C13H18F2N2. The summed E-state index contributed by atoms with van der Waals surface area (Å²) < 4.78 is 26.6. The third-order valence-corrected chi connectivity index (χ3v) is 3.10. The molecule has 1 aromatic carbocycles. The summed E-state index contributed by atoms with van der Waals surface area (Å²) in [6.07, 6.45) is 1.04. The predicted molar refractivity (Wildman–Crippen MR) is 63.7 cm³/mol. The molecule has 0 bridgehead atoms. The van der Waals surface area contributed by atoms with Gasteiger partial charge in [-0.15, -0.1) is 0 Å². The number of hydrogen-bond donors (Lipinski definition) is 1. The lowest BCUT2D eigenvalue weighted by molar-refractivity contribution is 0.260. The normalized spacial score (nSPS) is 22.4. The fourth-order valence-corrected chi connectivity index (χ4v) is 2.25. The van der Waals surface area contributed by atoms with Gasteiger partial charge >= 0.3 is 0 Å². The molecule has 1 fully saturated rings. The zero-order valence-corrected chi connectivity index (χ0v) is 10.0. The molecular weight excluding hydrogens is 222 g/mol. The van der Waals surface area contributed by atoms with Gasteiger partial charge in [-0.2, -0.15) is 0 Å². The first-order valence-corrected chi connectivity index (χ1v) is 6.05. The van der Waals surface area contributed by atoms with Gasteiger partial charge in [-0.25, -0.2) is 8.78 Å². The second-order valence-corrected chi connectivity index (χ2v) is 4.66. The van der Waals surface area contributed by atoms with Gasteiger partial charge in [-0.1, -0.05) is 12.1 Å². The molecule has 1 unspecified atom stereocenters. The summed E-state index contributed by atoms with van der Waals surface area (Å²) in [6.45, 7) is 5.38. The molecule has 2 rings (SSSR count).